The van der Waals surface area contributed by atoms with Gasteiger partial charge in [-0.3, -0.25) is 0 Å². The van der Waals surface area contributed by atoms with Crippen LogP contribution in [0.25, 0.3) is 16.9 Å². The summed E-state index contributed by atoms with van der Waals surface area (Å²) in [5.41, 5.74) is 22.0. The van der Waals surface area contributed by atoms with Gasteiger partial charge in [-0.05, 0) is 86.8 Å². The van der Waals surface area contributed by atoms with Crippen molar-refractivity contribution >= 4 is 11.4 Å². The van der Waals surface area contributed by atoms with E-state index in [1.54, 1.807) is 4.70 Å². The number of nitrogens with zero attached hydrogens (tertiary/aromatic N) is 2. The van der Waals surface area contributed by atoms with Crippen molar-refractivity contribution in [2.45, 2.75) is 234 Å². The van der Waals surface area contributed by atoms with Crippen molar-refractivity contribution in [1.29, 1.82) is 0 Å². The Hall–Kier alpha value is -1.99. The van der Waals surface area contributed by atoms with Gasteiger partial charge in [-0.15, -0.1) is 0 Å². The van der Waals surface area contributed by atoms with Gasteiger partial charge in [0.2, 0.25) is 11.4 Å². The molecule has 0 amide bonds. The van der Waals surface area contributed by atoms with Gasteiger partial charge in [0, 0.05) is 22.3 Å². The molecular weight excluding hydrogens is 735 g/mol. The fourth-order valence-corrected chi connectivity index (χ4v) is 7.60. The van der Waals surface area contributed by atoms with E-state index in [0.717, 1.165) is 61.0 Å². The summed E-state index contributed by atoms with van der Waals surface area (Å²) in [5, 5.41) is 0. The molecule has 2 aromatic carbocycles. The van der Waals surface area contributed by atoms with Gasteiger partial charge in [-0.1, -0.05) is 194 Å². The van der Waals surface area contributed by atoms with E-state index in [1.807, 2.05) is 0 Å². The Bertz CT molecular complexity index is 1280. The third-order valence-electron chi connectivity index (χ3n) is 11.2. The Labute approximate surface area is 366 Å². The second-order valence-electron chi connectivity index (χ2n) is 16.4. The van der Waals surface area contributed by atoms with Gasteiger partial charge in [0.1, 0.15) is 0 Å². The summed E-state index contributed by atoms with van der Waals surface area (Å²) in [6, 6.07) is 18.3. The number of hydrogen-bond donors (Lipinski definition) is 0. The van der Waals surface area contributed by atoms with Crippen LogP contribution >= 0.6 is 0 Å². The first-order chi connectivity index (χ1) is 27.5. The number of benzene rings is 2. The van der Waals surface area contributed by atoms with E-state index < -0.39 is 0 Å². The molecule has 0 bridgehead atoms. The molecule has 0 N–H and O–H groups in total. The smallest absolute Gasteiger partial charge is 0.493 e. The Morgan fingerprint density at radius 2 is 0.649 bits per heavy atom. The molecular formula is C54H90N2Ni. The van der Waals surface area contributed by atoms with Crippen molar-refractivity contribution in [1.82, 2.24) is 0 Å². The average Bonchev–Trinajstić information content (AvgIpc) is 3.49. The zero-order valence-electron chi connectivity index (χ0n) is 38.5. The quantitative estimate of drug-likeness (QED) is 0.0325. The van der Waals surface area contributed by atoms with Crippen molar-refractivity contribution < 1.29 is 21.2 Å². The minimum absolute atomic E-state index is 0. The van der Waals surface area contributed by atoms with Crippen LogP contribution in [0.1, 0.15) is 244 Å². The first-order valence-electron chi connectivity index (χ1n) is 24.2. The van der Waals surface area contributed by atoms with Crippen molar-refractivity contribution in [3.63, 3.8) is 0 Å². The molecule has 3 rings (SSSR count). The third kappa shape index (κ3) is 24.0. The fraction of sp³-hybridized carbons (Fsp3) is 0.667. The molecule has 2 aromatic rings. The maximum Gasteiger partial charge on any atom is 2.00 e. The summed E-state index contributed by atoms with van der Waals surface area (Å²) >= 11 is 0. The zero-order chi connectivity index (χ0) is 41.1. The maximum atomic E-state index is 12.1. The number of aryl methyl sites for hydroxylation is 2. The van der Waals surface area contributed by atoms with Crippen molar-refractivity contribution in [3.8, 4) is 0 Å². The molecule has 0 spiro atoms. The summed E-state index contributed by atoms with van der Waals surface area (Å²) in [6.07, 6.45) is 37.6. The molecule has 0 aromatic heterocycles. The summed E-state index contributed by atoms with van der Waals surface area (Å²) in [4.78, 5) is 0. The second-order valence-corrected chi connectivity index (χ2v) is 16.4. The van der Waals surface area contributed by atoms with E-state index in [9.17, 15) is 5.53 Å². The molecule has 1 aliphatic heterocycles. The van der Waals surface area contributed by atoms with Gasteiger partial charge in [-0.2, -0.15) is 12.8 Å². The number of hydrogen-bond acceptors (Lipinski definition) is 0. The van der Waals surface area contributed by atoms with Crippen LogP contribution in [0, 0.1) is 13.8 Å². The molecule has 3 heteroatoms. The largest absolute Gasteiger partial charge is 2.00 e. The van der Waals surface area contributed by atoms with Crippen LogP contribution in [0.15, 0.2) is 59.7 Å². The summed E-state index contributed by atoms with van der Waals surface area (Å²) in [5.74, 6) is 0. The zero-order valence-corrected chi connectivity index (χ0v) is 39.4. The topological polar surface area (TPSA) is 25.3 Å². The average molecular weight is 826 g/mol. The Morgan fingerprint density at radius 3 is 0.947 bits per heavy atom. The Morgan fingerprint density at radius 1 is 0.368 bits per heavy atom. The predicted octanol–water partition coefficient (Wildman–Crippen LogP) is 18.6. The molecule has 0 unspecified atom stereocenters. The molecule has 1 aliphatic rings. The molecule has 0 saturated carbocycles. The van der Waals surface area contributed by atoms with E-state index in [4.69, 9.17) is 0 Å². The summed E-state index contributed by atoms with van der Waals surface area (Å²) in [6.45, 7) is 20.8. The fourth-order valence-electron chi connectivity index (χ4n) is 7.60. The Balaban J connectivity index is 0.00000253. The third-order valence-corrected chi connectivity index (χ3v) is 11.2. The van der Waals surface area contributed by atoms with E-state index in [0.29, 0.717) is 0 Å². The van der Waals surface area contributed by atoms with Crippen LogP contribution < -0.4 is 0 Å². The van der Waals surface area contributed by atoms with Gasteiger partial charge in [0.25, 0.3) is 0 Å². The first kappa shape index (κ1) is 55.0. The van der Waals surface area contributed by atoms with Crippen molar-refractivity contribution in [3.05, 3.63) is 101 Å². The van der Waals surface area contributed by atoms with Crippen LogP contribution in [0.2, 0.25) is 0 Å². The molecule has 1 heterocycles. The summed E-state index contributed by atoms with van der Waals surface area (Å²) in [7, 11) is 0. The second kappa shape index (κ2) is 38.2. The van der Waals surface area contributed by atoms with Crippen LogP contribution in [-0.4, -0.2) is 4.70 Å². The molecule has 0 saturated heterocycles. The van der Waals surface area contributed by atoms with Gasteiger partial charge in [0.05, 0.1) is 0 Å². The molecule has 0 radical (unpaired) electrons. The van der Waals surface area contributed by atoms with Gasteiger partial charge in [0.15, 0.2) is 0 Å². The van der Waals surface area contributed by atoms with E-state index in [1.165, 1.54) is 176 Å². The molecule has 326 valence electrons. The number of allylic oxidation sites excluding steroid dienone is 2. The number of unbranched alkanes of at least 4 members (excludes halogenated alkanes) is 20. The van der Waals surface area contributed by atoms with Crippen LogP contribution in [0.5, 0.6) is 0 Å². The summed E-state index contributed by atoms with van der Waals surface area (Å²) < 4.78 is 1.59. The minimum atomic E-state index is 0. The maximum absolute atomic E-state index is 12.1. The molecule has 0 aliphatic carbocycles. The van der Waals surface area contributed by atoms with E-state index >= 15 is 0 Å². The first-order valence-corrected chi connectivity index (χ1v) is 24.2. The van der Waals surface area contributed by atoms with E-state index in [2.05, 4.69) is 104 Å². The Kier molecular flexibility index (Phi) is 36.9. The molecule has 0 fully saturated rings. The van der Waals surface area contributed by atoms with Gasteiger partial charge in [-0.25, -0.2) is 4.70 Å². The van der Waals surface area contributed by atoms with Crippen molar-refractivity contribution in [2.24, 2.45) is 0 Å². The van der Waals surface area contributed by atoms with Gasteiger partial charge >= 0.3 is 16.5 Å². The predicted molar refractivity (Wildman–Crippen MR) is 252 cm³/mol. The normalized spacial score (nSPS) is 12.3. The van der Waals surface area contributed by atoms with E-state index in [-0.39, 0.29) is 16.5 Å². The standard InChI is InChI=1S/C44H68N2.2C5H11.Ni/c1-5-9-13-16-19-22-26-38-31-35-40(36-32-38)44-42(28-24-21-18-15-11-7-3)41(27-23-20-17-14-10-6-2)43(46(44)45)39-33-29-37(30-34-39)25-12-8-4;2*1-3-5-4-2;/h29-36H,5-28H2,1-4H3;2*1,3-5H2,2H3;/q;2*-1;+2. The molecule has 0 atom stereocenters. The van der Waals surface area contributed by atoms with Crippen LogP contribution in [0.3, 0.4) is 0 Å². The minimum Gasteiger partial charge on any atom is -0.493 e. The molecule has 2 nitrogen and oxygen atoms in total. The van der Waals surface area contributed by atoms with Crippen LogP contribution in [-0.2, 0) is 29.3 Å². The van der Waals surface area contributed by atoms with Crippen LogP contribution in [0.4, 0.5) is 0 Å². The molecule has 57 heavy (non-hydrogen) atoms. The SMILES string of the molecule is CCCCCCCCC1=C(c2ccc(CCCC)cc2)[N+](=[N-])C(c2ccc(CCCCCCCC)cc2)=C1CCCCCCCC.[CH2-]CCCC.[CH2-]CCCC.[Ni+2]. The number of rotatable bonds is 30. The van der Waals surface area contributed by atoms with Gasteiger partial charge < -0.3 is 19.4 Å². The monoisotopic (exact) mass is 825 g/mol. The van der Waals surface area contributed by atoms with Crippen molar-refractivity contribution in [2.75, 3.05) is 0 Å².